The van der Waals surface area contributed by atoms with Crippen molar-refractivity contribution in [1.29, 1.82) is 0 Å². The standard InChI is InChI=1S/C11H15N2.3ClH.Zr/c1-2-5-10(6-3-1)13-9-11-7-4-8-12-11;;;;/h4,7-10H,1-3,5-6H2;3*1H;/q-1;;;;+3/p-3. The fourth-order valence-electron chi connectivity index (χ4n) is 1.80. The molecule has 17 heavy (non-hydrogen) atoms. The Balaban J connectivity index is 0.000000317. The molecule has 1 saturated carbocycles. The van der Waals surface area contributed by atoms with Crippen LogP contribution in [0.25, 0.3) is 0 Å². The van der Waals surface area contributed by atoms with E-state index in [2.05, 4.69) is 9.98 Å². The fourth-order valence-corrected chi connectivity index (χ4v) is 1.80. The van der Waals surface area contributed by atoms with E-state index in [0.29, 0.717) is 6.04 Å². The number of aliphatic imine (C=N–C) groups is 1. The number of hydrogen-bond acceptors (Lipinski definition) is 1. The van der Waals surface area contributed by atoms with Crippen LogP contribution in [0.4, 0.5) is 0 Å². The van der Waals surface area contributed by atoms with Gasteiger partial charge in [-0.15, -0.1) is 5.69 Å². The Kier molecular flexibility index (Phi) is 8.91. The molecular formula is C11H15Cl3N2Zr-. The molecule has 1 heterocycles. The van der Waals surface area contributed by atoms with Gasteiger partial charge < -0.3 is 4.98 Å². The summed E-state index contributed by atoms with van der Waals surface area (Å²) in [6, 6.07) is 4.50. The van der Waals surface area contributed by atoms with E-state index in [4.69, 9.17) is 25.5 Å². The molecule has 0 amide bonds. The van der Waals surface area contributed by atoms with Gasteiger partial charge >= 0.3 is 43.7 Å². The van der Waals surface area contributed by atoms with Crippen LogP contribution in [0.15, 0.2) is 23.3 Å². The fraction of sp³-hybridized carbons (Fsp3) is 0.545. The summed E-state index contributed by atoms with van der Waals surface area (Å²) in [4.78, 5) is 8.69. The first-order valence-corrected chi connectivity index (χ1v) is 15.1. The molecule has 0 aliphatic heterocycles. The van der Waals surface area contributed by atoms with Crippen molar-refractivity contribution < 1.29 is 18.2 Å². The second-order valence-corrected chi connectivity index (χ2v) is 15.0. The molecule has 0 unspecified atom stereocenters. The second-order valence-electron chi connectivity index (χ2n) is 3.85. The van der Waals surface area contributed by atoms with Gasteiger partial charge in [0.15, 0.2) is 0 Å². The number of nitrogens with zero attached hydrogens (tertiary/aromatic N) is 2. The van der Waals surface area contributed by atoms with Crippen molar-refractivity contribution in [2.45, 2.75) is 38.1 Å². The maximum atomic E-state index is 5.00. The van der Waals surface area contributed by atoms with Crippen molar-refractivity contribution in [2.75, 3.05) is 0 Å². The summed E-state index contributed by atoms with van der Waals surface area (Å²) in [5.74, 6) is 0. The molecule has 0 aromatic carbocycles. The van der Waals surface area contributed by atoms with E-state index in [0.717, 1.165) is 5.69 Å². The zero-order valence-electron chi connectivity index (χ0n) is 9.45. The van der Waals surface area contributed by atoms with Gasteiger partial charge in [0, 0.05) is 12.3 Å². The molecule has 1 fully saturated rings. The van der Waals surface area contributed by atoms with Crippen molar-refractivity contribution >= 4 is 31.8 Å². The molecule has 0 bridgehead atoms. The summed E-state index contributed by atoms with van der Waals surface area (Å²) in [5.41, 5.74) is 0.991. The van der Waals surface area contributed by atoms with Crippen molar-refractivity contribution in [3.8, 4) is 0 Å². The Morgan fingerprint density at radius 3 is 2.41 bits per heavy atom. The molecule has 2 rings (SSSR count). The zero-order chi connectivity index (χ0) is 12.5. The first-order valence-electron chi connectivity index (χ1n) is 5.63. The maximum absolute atomic E-state index is 5.00. The summed E-state index contributed by atoms with van der Waals surface area (Å²) < 4.78 is 0. The van der Waals surface area contributed by atoms with E-state index in [1.807, 2.05) is 24.5 Å². The third-order valence-electron chi connectivity index (χ3n) is 2.57. The van der Waals surface area contributed by atoms with Crippen LogP contribution in [0.2, 0.25) is 0 Å². The van der Waals surface area contributed by atoms with E-state index in [1.54, 1.807) is 0 Å². The molecular weight excluding hydrogens is 358 g/mol. The summed E-state index contributed by atoms with van der Waals surface area (Å²) in [6.45, 7) is 0. The van der Waals surface area contributed by atoms with Crippen molar-refractivity contribution in [3.63, 3.8) is 0 Å². The van der Waals surface area contributed by atoms with Gasteiger partial charge in [0.25, 0.3) is 0 Å². The summed E-state index contributed by atoms with van der Waals surface area (Å²) >= 11 is -2.13. The second kappa shape index (κ2) is 9.61. The first kappa shape index (κ1) is 15.8. The SMILES string of the molecule is C(=NC1CCCCC1)c1ccc[n-]1.[Cl][Zr]([Cl])[Cl]. The van der Waals surface area contributed by atoms with Crippen LogP contribution in [0.1, 0.15) is 37.8 Å². The van der Waals surface area contributed by atoms with Crippen molar-refractivity contribution in [3.05, 3.63) is 24.0 Å². The monoisotopic (exact) mass is 370 g/mol. The normalized spacial score (nSPS) is 16.6. The Hall–Kier alpha value is 0.703. The predicted molar refractivity (Wildman–Crippen MR) is 71.8 cm³/mol. The molecule has 1 aliphatic rings. The predicted octanol–water partition coefficient (Wildman–Crippen LogP) is 4.46. The first-order chi connectivity index (χ1) is 8.18. The molecule has 0 atom stereocenters. The summed E-state index contributed by atoms with van der Waals surface area (Å²) in [6.07, 6.45) is 10.3. The van der Waals surface area contributed by atoms with Gasteiger partial charge in [-0.2, -0.15) is 6.20 Å². The van der Waals surface area contributed by atoms with Gasteiger partial charge in [0.1, 0.15) is 0 Å². The Labute approximate surface area is 121 Å². The van der Waals surface area contributed by atoms with Crippen LogP contribution < -0.4 is 4.98 Å². The van der Waals surface area contributed by atoms with E-state index < -0.39 is 18.2 Å². The Morgan fingerprint density at radius 2 is 1.88 bits per heavy atom. The summed E-state index contributed by atoms with van der Waals surface area (Å²) in [7, 11) is 15.0. The third-order valence-corrected chi connectivity index (χ3v) is 2.57. The Bertz CT molecular complexity index is 306. The number of halogens is 3. The van der Waals surface area contributed by atoms with E-state index in [-0.39, 0.29) is 0 Å². The van der Waals surface area contributed by atoms with Crippen LogP contribution in [0.3, 0.4) is 0 Å². The number of rotatable bonds is 2. The summed E-state index contributed by atoms with van der Waals surface area (Å²) in [5, 5.41) is 0. The van der Waals surface area contributed by atoms with Gasteiger partial charge in [0.05, 0.1) is 0 Å². The number of aromatic nitrogens is 1. The third kappa shape index (κ3) is 8.42. The molecule has 1 aliphatic carbocycles. The van der Waals surface area contributed by atoms with Crippen LogP contribution in [0, 0.1) is 0 Å². The van der Waals surface area contributed by atoms with Gasteiger partial charge in [-0.3, -0.25) is 4.99 Å². The van der Waals surface area contributed by atoms with Crippen LogP contribution >= 0.6 is 25.5 Å². The molecule has 0 spiro atoms. The molecule has 1 aromatic heterocycles. The van der Waals surface area contributed by atoms with E-state index in [1.165, 1.54) is 32.1 Å². The zero-order valence-corrected chi connectivity index (χ0v) is 14.2. The van der Waals surface area contributed by atoms with E-state index in [9.17, 15) is 0 Å². The number of hydrogen-bond donors (Lipinski definition) is 0. The van der Waals surface area contributed by atoms with Gasteiger partial charge in [0.2, 0.25) is 0 Å². The average Bonchev–Trinajstić information content (AvgIpc) is 2.80. The Morgan fingerprint density at radius 1 is 1.24 bits per heavy atom. The molecule has 0 N–H and O–H groups in total. The van der Waals surface area contributed by atoms with Gasteiger partial charge in [-0.05, 0) is 12.8 Å². The average molecular weight is 373 g/mol. The molecule has 6 heteroatoms. The molecule has 1 aromatic rings. The van der Waals surface area contributed by atoms with Gasteiger partial charge in [-0.1, -0.05) is 31.4 Å². The molecule has 0 saturated heterocycles. The molecule has 95 valence electrons. The van der Waals surface area contributed by atoms with E-state index >= 15 is 0 Å². The van der Waals surface area contributed by atoms with Crippen LogP contribution in [-0.2, 0) is 18.2 Å². The van der Waals surface area contributed by atoms with Gasteiger partial charge in [-0.25, -0.2) is 0 Å². The van der Waals surface area contributed by atoms with Crippen molar-refractivity contribution in [2.24, 2.45) is 4.99 Å². The van der Waals surface area contributed by atoms with Crippen LogP contribution in [0.5, 0.6) is 0 Å². The molecule has 2 nitrogen and oxygen atoms in total. The van der Waals surface area contributed by atoms with Crippen LogP contribution in [-0.4, -0.2) is 12.3 Å². The minimum atomic E-state index is -2.13. The van der Waals surface area contributed by atoms with Crippen molar-refractivity contribution in [1.82, 2.24) is 4.98 Å². The minimum absolute atomic E-state index is 0.561. The topological polar surface area (TPSA) is 26.5 Å². The molecule has 0 radical (unpaired) electrons. The quantitative estimate of drug-likeness (QED) is 0.704.